The van der Waals surface area contributed by atoms with Crippen molar-refractivity contribution in [3.63, 3.8) is 0 Å². The summed E-state index contributed by atoms with van der Waals surface area (Å²) in [6.07, 6.45) is 3.53. The first-order chi connectivity index (χ1) is 7.69. The van der Waals surface area contributed by atoms with E-state index in [1.54, 1.807) is 10.9 Å². The second kappa shape index (κ2) is 4.73. The van der Waals surface area contributed by atoms with Crippen LogP contribution in [0.1, 0.15) is 6.92 Å². The maximum Gasteiger partial charge on any atom is 0.165 e. The molecule has 0 fully saturated rings. The van der Waals surface area contributed by atoms with Crippen molar-refractivity contribution < 1.29 is 4.74 Å². The molecular weight excluding hydrogens is 317 g/mol. The summed E-state index contributed by atoms with van der Waals surface area (Å²) in [6.45, 7) is 2.85. The first-order valence-electron chi connectivity index (χ1n) is 4.94. The van der Waals surface area contributed by atoms with Crippen LogP contribution in [0.4, 0.5) is 5.69 Å². The monoisotopic (exact) mass is 329 g/mol. The van der Waals surface area contributed by atoms with E-state index in [1.807, 2.05) is 31.3 Å². The SMILES string of the molecule is CCn1cc(Oc2ccc(I)cc2N)cn1. The number of benzene rings is 1. The Labute approximate surface area is 108 Å². The van der Waals surface area contributed by atoms with E-state index in [-0.39, 0.29) is 0 Å². The average molecular weight is 329 g/mol. The van der Waals surface area contributed by atoms with Crippen molar-refractivity contribution in [1.82, 2.24) is 9.78 Å². The van der Waals surface area contributed by atoms with Crippen LogP contribution in [0.2, 0.25) is 0 Å². The molecule has 0 atom stereocenters. The number of anilines is 1. The van der Waals surface area contributed by atoms with Gasteiger partial charge in [-0.25, -0.2) is 0 Å². The van der Waals surface area contributed by atoms with Gasteiger partial charge in [0.1, 0.15) is 0 Å². The van der Waals surface area contributed by atoms with Gasteiger partial charge in [-0.3, -0.25) is 4.68 Å². The molecule has 0 saturated heterocycles. The summed E-state index contributed by atoms with van der Waals surface area (Å²) in [5, 5.41) is 4.13. The maximum atomic E-state index is 5.85. The molecule has 0 aliphatic carbocycles. The molecule has 2 N–H and O–H groups in total. The number of nitrogens with zero attached hydrogens (tertiary/aromatic N) is 2. The third-order valence-corrected chi connectivity index (χ3v) is 2.80. The number of rotatable bonds is 3. The molecule has 0 amide bonds. The molecule has 1 aromatic heterocycles. The number of nitrogen functional groups attached to an aromatic ring is 1. The minimum absolute atomic E-state index is 0.635. The Kier molecular flexibility index (Phi) is 3.33. The molecule has 0 bridgehead atoms. The normalized spacial score (nSPS) is 10.4. The zero-order chi connectivity index (χ0) is 11.5. The molecule has 84 valence electrons. The first-order valence-corrected chi connectivity index (χ1v) is 6.02. The molecule has 0 unspecified atom stereocenters. The molecule has 0 spiro atoms. The Bertz CT molecular complexity index is 496. The van der Waals surface area contributed by atoms with E-state index in [9.17, 15) is 0 Å². The summed E-state index contributed by atoms with van der Waals surface area (Å²) < 4.78 is 8.53. The fraction of sp³-hybridized carbons (Fsp3) is 0.182. The van der Waals surface area contributed by atoms with Gasteiger partial charge in [0.15, 0.2) is 11.5 Å². The van der Waals surface area contributed by atoms with E-state index >= 15 is 0 Å². The molecular formula is C11H12IN3O. The van der Waals surface area contributed by atoms with Crippen LogP contribution in [0, 0.1) is 3.57 Å². The van der Waals surface area contributed by atoms with Gasteiger partial charge in [-0.1, -0.05) is 0 Å². The molecule has 2 aromatic rings. The van der Waals surface area contributed by atoms with E-state index in [0.717, 1.165) is 10.1 Å². The van der Waals surface area contributed by atoms with Crippen LogP contribution >= 0.6 is 22.6 Å². The third kappa shape index (κ3) is 2.46. The Morgan fingerprint density at radius 2 is 2.31 bits per heavy atom. The van der Waals surface area contributed by atoms with Crippen molar-refractivity contribution in [2.24, 2.45) is 0 Å². The summed E-state index contributed by atoms with van der Waals surface area (Å²) in [4.78, 5) is 0. The van der Waals surface area contributed by atoms with Crippen LogP contribution in [0.5, 0.6) is 11.5 Å². The molecule has 0 aliphatic heterocycles. The number of nitrogens with two attached hydrogens (primary N) is 1. The lowest BCUT2D eigenvalue weighted by Gasteiger charge is -2.06. The Morgan fingerprint density at radius 3 is 2.94 bits per heavy atom. The van der Waals surface area contributed by atoms with Gasteiger partial charge in [-0.2, -0.15) is 5.10 Å². The second-order valence-corrected chi connectivity index (χ2v) is 4.56. The Hall–Kier alpha value is -1.24. The van der Waals surface area contributed by atoms with Crippen LogP contribution in [-0.2, 0) is 6.54 Å². The van der Waals surface area contributed by atoms with E-state index in [2.05, 4.69) is 27.7 Å². The summed E-state index contributed by atoms with van der Waals surface area (Å²) >= 11 is 2.21. The van der Waals surface area contributed by atoms with Gasteiger partial charge in [0.2, 0.25) is 0 Å². The smallest absolute Gasteiger partial charge is 0.165 e. The number of aromatic nitrogens is 2. The molecule has 16 heavy (non-hydrogen) atoms. The van der Waals surface area contributed by atoms with Crippen molar-refractivity contribution in [2.75, 3.05) is 5.73 Å². The summed E-state index contributed by atoms with van der Waals surface area (Å²) in [5.74, 6) is 1.37. The largest absolute Gasteiger partial charge is 0.452 e. The van der Waals surface area contributed by atoms with Crippen LogP contribution in [0.25, 0.3) is 0 Å². The standard InChI is InChI=1S/C11H12IN3O/c1-2-15-7-9(6-14-15)16-11-4-3-8(12)5-10(11)13/h3-7H,2,13H2,1H3. The zero-order valence-electron chi connectivity index (χ0n) is 8.85. The number of ether oxygens (including phenoxy) is 1. The lowest BCUT2D eigenvalue weighted by atomic mass is 10.3. The van der Waals surface area contributed by atoms with Gasteiger partial charge in [0.25, 0.3) is 0 Å². The highest BCUT2D eigenvalue weighted by Crippen LogP contribution is 2.28. The van der Waals surface area contributed by atoms with Crippen molar-refractivity contribution in [2.45, 2.75) is 13.5 Å². The maximum absolute atomic E-state index is 5.85. The summed E-state index contributed by atoms with van der Waals surface area (Å²) in [6, 6.07) is 5.69. The summed E-state index contributed by atoms with van der Waals surface area (Å²) in [7, 11) is 0. The molecule has 2 rings (SSSR count). The van der Waals surface area contributed by atoms with Crippen LogP contribution in [0.3, 0.4) is 0 Å². The van der Waals surface area contributed by atoms with Gasteiger partial charge < -0.3 is 10.5 Å². The Morgan fingerprint density at radius 1 is 1.50 bits per heavy atom. The quantitative estimate of drug-likeness (QED) is 0.696. The molecule has 0 radical (unpaired) electrons. The Balaban J connectivity index is 2.20. The highest BCUT2D eigenvalue weighted by Gasteiger charge is 2.04. The van der Waals surface area contributed by atoms with Crippen LogP contribution in [-0.4, -0.2) is 9.78 Å². The van der Waals surface area contributed by atoms with Crippen molar-refractivity contribution in [3.8, 4) is 11.5 Å². The average Bonchev–Trinajstić information content (AvgIpc) is 2.70. The van der Waals surface area contributed by atoms with Gasteiger partial charge in [0, 0.05) is 10.1 Å². The van der Waals surface area contributed by atoms with Gasteiger partial charge in [-0.05, 0) is 47.7 Å². The number of aryl methyl sites for hydroxylation is 1. The molecule has 1 heterocycles. The minimum atomic E-state index is 0.635. The van der Waals surface area contributed by atoms with E-state index in [1.165, 1.54) is 0 Å². The topological polar surface area (TPSA) is 53.1 Å². The van der Waals surface area contributed by atoms with Gasteiger partial charge in [0.05, 0.1) is 18.1 Å². The van der Waals surface area contributed by atoms with E-state index < -0.39 is 0 Å². The number of halogens is 1. The highest BCUT2D eigenvalue weighted by molar-refractivity contribution is 14.1. The molecule has 0 saturated carbocycles. The predicted octanol–water partition coefficient (Wildman–Crippen LogP) is 2.88. The first kappa shape index (κ1) is 11.3. The number of hydrogen-bond donors (Lipinski definition) is 1. The fourth-order valence-electron chi connectivity index (χ4n) is 1.31. The lowest BCUT2D eigenvalue weighted by Crippen LogP contribution is -1.93. The molecule has 4 nitrogen and oxygen atoms in total. The zero-order valence-corrected chi connectivity index (χ0v) is 11.0. The van der Waals surface area contributed by atoms with E-state index in [4.69, 9.17) is 10.5 Å². The third-order valence-electron chi connectivity index (χ3n) is 2.13. The second-order valence-electron chi connectivity index (χ2n) is 3.32. The minimum Gasteiger partial charge on any atom is -0.452 e. The van der Waals surface area contributed by atoms with Crippen LogP contribution in [0.15, 0.2) is 30.6 Å². The van der Waals surface area contributed by atoms with Crippen molar-refractivity contribution in [1.29, 1.82) is 0 Å². The fourth-order valence-corrected chi connectivity index (χ4v) is 1.82. The molecule has 1 aromatic carbocycles. The van der Waals surface area contributed by atoms with E-state index in [0.29, 0.717) is 17.2 Å². The number of hydrogen-bond acceptors (Lipinski definition) is 3. The summed E-state index contributed by atoms with van der Waals surface area (Å²) in [5.41, 5.74) is 6.49. The predicted molar refractivity (Wildman–Crippen MR) is 71.5 cm³/mol. The van der Waals surface area contributed by atoms with Crippen LogP contribution < -0.4 is 10.5 Å². The van der Waals surface area contributed by atoms with Gasteiger partial charge >= 0.3 is 0 Å². The molecule has 0 aliphatic rings. The van der Waals surface area contributed by atoms with Crippen molar-refractivity contribution >= 4 is 28.3 Å². The lowest BCUT2D eigenvalue weighted by molar-refractivity contribution is 0.483. The highest BCUT2D eigenvalue weighted by atomic mass is 127. The molecule has 5 heteroatoms. The van der Waals surface area contributed by atoms with Crippen molar-refractivity contribution in [3.05, 3.63) is 34.2 Å². The van der Waals surface area contributed by atoms with Gasteiger partial charge in [-0.15, -0.1) is 0 Å².